The Morgan fingerprint density at radius 1 is 1.47 bits per heavy atom. The van der Waals surface area contributed by atoms with E-state index in [9.17, 15) is 4.79 Å². The number of carbonyl (C=O) groups is 1. The van der Waals surface area contributed by atoms with E-state index < -0.39 is 0 Å². The van der Waals surface area contributed by atoms with E-state index in [1.165, 1.54) is 0 Å². The lowest BCUT2D eigenvalue weighted by Gasteiger charge is -2.14. The number of hydrogen-bond acceptors (Lipinski definition) is 3. The Bertz CT molecular complexity index is 398. The van der Waals surface area contributed by atoms with Gasteiger partial charge in [0.15, 0.2) is 0 Å². The molecule has 1 fully saturated rings. The van der Waals surface area contributed by atoms with E-state index in [0.29, 0.717) is 11.6 Å². The van der Waals surface area contributed by atoms with Gasteiger partial charge in [0, 0.05) is 32.0 Å². The Morgan fingerprint density at radius 2 is 2.29 bits per heavy atom. The molecule has 1 heterocycles. The second-order valence-corrected chi connectivity index (χ2v) is 4.49. The second-order valence-electron chi connectivity index (χ2n) is 4.49. The maximum absolute atomic E-state index is 11.8. The third kappa shape index (κ3) is 2.97. The number of nitrogens with zero attached hydrogens (tertiary/aromatic N) is 1. The molecule has 1 aliphatic heterocycles. The zero-order valence-corrected chi connectivity index (χ0v) is 10.3. The van der Waals surface area contributed by atoms with Crippen LogP contribution >= 0.6 is 0 Å². The summed E-state index contributed by atoms with van der Waals surface area (Å²) in [5, 5.41) is 3.38. The highest BCUT2D eigenvalue weighted by atomic mass is 16.5. The zero-order valence-electron chi connectivity index (χ0n) is 10.3. The Kier molecular flexibility index (Phi) is 3.64. The maximum atomic E-state index is 11.8. The predicted octanol–water partition coefficient (Wildman–Crippen LogP) is 1.59. The van der Waals surface area contributed by atoms with Crippen LogP contribution in [0.15, 0.2) is 24.3 Å². The molecule has 1 atom stereocenters. The number of benzene rings is 1. The van der Waals surface area contributed by atoms with Crippen molar-refractivity contribution in [2.24, 2.45) is 0 Å². The molecule has 0 spiro atoms. The van der Waals surface area contributed by atoms with Gasteiger partial charge in [0.1, 0.15) is 0 Å². The topological polar surface area (TPSA) is 41.6 Å². The molecule has 2 rings (SSSR count). The van der Waals surface area contributed by atoms with E-state index in [1.54, 1.807) is 19.0 Å². The number of rotatable bonds is 3. The number of carbonyl (C=O) groups excluding carboxylic acids is 1. The highest BCUT2D eigenvalue weighted by Crippen LogP contribution is 2.16. The normalized spacial score (nSPS) is 19.1. The molecule has 0 bridgehead atoms. The smallest absolute Gasteiger partial charge is 0.253 e. The maximum Gasteiger partial charge on any atom is 0.253 e. The van der Waals surface area contributed by atoms with Gasteiger partial charge in [-0.2, -0.15) is 0 Å². The molecule has 1 aliphatic rings. The molecule has 1 saturated heterocycles. The molecule has 1 aromatic rings. The van der Waals surface area contributed by atoms with Crippen molar-refractivity contribution in [1.29, 1.82) is 0 Å². The monoisotopic (exact) mass is 234 g/mol. The van der Waals surface area contributed by atoms with E-state index in [4.69, 9.17) is 4.74 Å². The van der Waals surface area contributed by atoms with Gasteiger partial charge in [-0.25, -0.2) is 0 Å². The average Bonchev–Trinajstić information content (AvgIpc) is 2.81. The number of hydrogen-bond donors (Lipinski definition) is 1. The molecule has 1 unspecified atom stereocenters. The minimum Gasteiger partial charge on any atom is -0.380 e. The Hall–Kier alpha value is -1.55. The van der Waals surface area contributed by atoms with Crippen molar-refractivity contribution in [2.75, 3.05) is 32.6 Å². The second kappa shape index (κ2) is 5.19. The molecular formula is C13H18N2O2. The van der Waals surface area contributed by atoms with E-state index >= 15 is 0 Å². The van der Waals surface area contributed by atoms with Crippen LogP contribution in [0.3, 0.4) is 0 Å². The molecule has 1 aromatic carbocycles. The van der Waals surface area contributed by atoms with Gasteiger partial charge in [0.2, 0.25) is 0 Å². The minimum atomic E-state index is 0.0244. The quantitative estimate of drug-likeness (QED) is 0.863. The van der Waals surface area contributed by atoms with Crippen LogP contribution in [0.4, 0.5) is 5.69 Å². The van der Waals surface area contributed by atoms with Crippen molar-refractivity contribution in [3.63, 3.8) is 0 Å². The van der Waals surface area contributed by atoms with Crippen LogP contribution in [0.5, 0.6) is 0 Å². The van der Waals surface area contributed by atoms with Gasteiger partial charge >= 0.3 is 0 Å². The van der Waals surface area contributed by atoms with Crippen molar-refractivity contribution in [1.82, 2.24) is 4.90 Å². The summed E-state index contributed by atoms with van der Waals surface area (Å²) >= 11 is 0. The van der Waals surface area contributed by atoms with Gasteiger partial charge < -0.3 is 15.0 Å². The number of ether oxygens (including phenoxy) is 1. The van der Waals surface area contributed by atoms with Gasteiger partial charge in [-0.15, -0.1) is 0 Å². The van der Waals surface area contributed by atoms with Gasteiger partial charge in [-0.05, 0) is 24.6 Å². The molecule has 4 nitrogen and oxygen atoms in total. The van der Waals surface area contributed by atoms with Gasteiger partial charge in [0.05, 0.1) is 12.6 Å². The summed E-state index contributed by atoms with van der Waals surface area (Å²) in [7, 11) is 3.51. The van der Waals surface area contributed by atoms with E-state index in [2.05, 4.69) is 5.32 Å². The number of nitrogens with one attached hydrogen (secondary N) is 1. The SMILES string of the molecule is CN(C)C(=O)c1cccc(NC2CCOC2)c1. The van der Waals surface area contributed by atoms with Crippen LogP contribution in [0.2, 0.25) is 0 Å². The number of amides is 1. The molecule has 0 aromatic heterocycles. The van der Waals surface area contributed by atoms with Gasteiger partial charge in [-0.3, -0.25) is 4.79 Å². The summed E-state index contributed by atoms with van der Waals surface area (Å²) in [6.07, 6.45) is 1.02. The zero-order chi connectivity index (χ0) is 12.3. The molecule has 92 valence electrons. The highest BCUT2D eigenvalue weighted by molar-refractivity contribution is 5.94. The third-order valence-corrected chi connectivity index (χ3v) is 2.82. The van der Waals surface area contributed by atoms with E-state index in [-0.39, 0.29) is 5.91 Å². The van der Waals surface area contributed by atoms with Crippen LogP contribution in [0.25, 0.3) is 0 Å². The fourth-order valence-corrected chi connectivity index (χ4v) is 1.88. The first-order valence-corrected chi connectivity index (χ1v) is 5.83. The molecule has 4 heteroatoms. The first-order chi connectivity index (χ1) is 8.16. The first-order valence-electron chi connectivity index (χ1n) is 5.83. The molecule has 17 heavy (non-hydrogen) atoms. The summed E-state index contributed by atoms with van der Waals surface area (Å²) in [6, 6.07) is 7.96. The first kappa shape index (κ1) is 11.9. The van der Waals surface area contributed by atoms with E-state index in [1.807, 2.05) is 24.3 Å². The molecule has 1 amide bonds. The molecular weight excluding hydrogens is 216 g/mol. The van der Waals surface area contributed by atoms with Crippen molar-refractivity contribution >= 4 is 11.6 Å². The third-order valence-electron chi connectivity index (χ3n) is 2.82. The van der Waals surface area contributed by atoms with Crippen LogP contribution in [-0.2, 0) is 4.74 Å². The van der Waals surface area contributed by atoms with Crippen LogP contribution in [0, 0.1) is 0 Å². The fraction of sp³-hybridized carbons (Fsp3) is 0.462. The fourth-order valence-electron chi connectivity index (χ4n) is 1.88. The lowest BCUT2D eigenvalue weighted by molar-refractivity contribution is 0.0827. The minimum absolute atomic E-state index is 0.0244. The van der Waals surface area contributed by atoms with E-state index in [0.717, 1.165) is 25.3 Å². The van der Waals surface area contributed by atoms with Crippen molar-refractivity contribution in [3.8, 4) is 0 Å². The van der Waals surface area contributed by atoms with Gasteiger partial charge in [-0.1, -0.05) is 6.07 Å². The standard InChI is InChI=1S/C13H18N2O2/c1-15(2)13(16)10-4-3-5-11(8-10)14-12-6-7-17-9-12/h3-5,8,12,14H,6-7,9H2,1-2H3. The predicted molar refractivity (Wildman–Crippen MR) is 67.3 cm³/mol. The molecule has 1 N–H and O–H groups in total. The summed E-state index contributed by atoms with van der Waals surface area (Å²) < 4.78 is 5.31. The lowest BCUT2D eigenvalue weighted by Crippen LogP contribution is -2.22. The Morgan fingerprint density at radius 3 is 2.94 bits per heavy atom. The van der Waals surface area contributed by atoms with Crippen molar-refractivity contribution in [2.45, 2.75) is 12.5 Å². The lowest BCUT2D eigenvalue weighted by atomic mass is 10.1. The summed E-state index contributed by atoms with van der Waals surface area (Å²) in [6.45, 7) is 1.56. The van der Waals surface area contributed by atoms with Crippen molar-refractivity contribution < 1.29 is 9.53 Å². The average molecular weight is 234 g/mol. The summed E-state index contributed by atoms with van der Waals surface area (Å²) in [5.41, 5.74) is 1.69. The molecule has 0 saturated carbocycles. The summed E-state index contributed by atoms with van der Waals surface area (Å²) in [4.78, 5) is 13.4. The highest BCUT2D eigenvalue weighted by Gasteiger charge is 2.15. The summed E-state index contributed by atoms with van der Waals surface area (Å²) in [5.74, 6) is 0.0244. The van der Waals surface area contributed by atoms with Crippen LogP contribution < -0.4 is 5.32 Å². The molecule has 0 radical (unpaired) electrons. The Labute approximate surface area is 102 Å². The van der Waals surface area contributed by atoms with Crippen LogP contribution in [0.1, 0.15) is 16.8 Å². The largest absolute Gasteiger partial charge is 0.380 e. The Balaban J connectivity index is 2.08. The molecule has 0 aliphatic carbocycles. The number of anilines is 1. The van der Waals surface area contributed by atoms with Gasteiger partial charge in [0.25, 0.3) is 5.91 Å². The van der Waals surface area contributed by atoms with Crippen LogP contribution in [-0.4, -0.2) is 44.2 Å². The van der Waals surface area contributed by atoms with Crippen molar-refractivity contribution in [3.05, 3.63) is 29.8 Å².